The van der Waals surface area contributed by atoms with E-state index in [2.05, 4.69) is 6.92 Å². The third kappa shape index (κ3) is 5.52. The number of likely N-dealkylation sites (tertiary alicyclic amines) is 1. The highest BCUT2D eigenvalue weighted by molar-refractivity contribution is 5.89. The predicted molar refractivity (Wildman–Crippen MR) is 94.5 cm³/mol. The molecule has 1 aromatic rings. The average molecular weight is 347 g/mol. The lowest BCUT2D eigenvalue weighted by atomic mass is 10.0. The van der Waals surface area contributed by atoms with Crippen LogP contribution in [0.15, 0.2) is 24.3 Å². The molecule has 1 aliphatic heterocycles. The third-order valence-corrected chi connectivity index (χ3v) is 4.18. The lowest BCUT2D eigenvalue weighted by Gasteiger charge is -2.30. The molecule has 0 radical (unpaired) electrons. The summed E-state index contributed by atoms with van der Waals surface area (Å²) in [7, 11) is 3.12. The van der Waals surface area contributed by atoms with Gasteiger partial charge >= 0.3 is 5.97 Å². The second-order valence-corrected chi connectivity index (χ2v) is 6.14. The summed E-state index contributed by atoms with van der Waals surface area (Å²) in [6, 6.07) is 5.28. The zero-order valence-corrected chi connectivity index (χ0v) is 15.0. The molecule has 1 saturated heterocycles. The molecular weight excluding hydrogens is 322 g/mol. The molecule has 1 heterocycles. The number of nitrogens with zero attached hydrogens (tertiary/aromatic N) is 1. The van der Waals surface area contributed by atoms with Crippen molar-refractivity contribution < 1.29 is 23.8 Å². The van der Waals surface area contributed by atoms with Crippen LogP contribution in [-0.2, 0) is 14.3 Å². The first-order valence-corrected chi connectivity index (χ1v) is 8.38. The summed E-state index contributed by atoms with van der Waals surface area (Å²) in [6.07, 6.45) is 4.99. The molecule has 1 aromatic carbocycles. The quantitative estimate of drug-likeness (QED) is 0.584. The lowest BCUT2D eigenvalue weighted by Crippen LogP contribution is -2.41. The van der Waals surface area contributed by atoms with Gasteiger partial charge in [-0.2, -0.15) is 0 Å². The Hall–Kier alpha value is -2.50. The molecule has 0 spiro atoms. The first-order chi connectivity index (χ1) is 12.0. The number of hydrogen-bond donors (Lipinski definition) is 0. The van der Waals surface area contributed by atoms with Gasteiger partial charge in [0.05, 0.1) is 14.2 Å². The van der Waals surface area contributed by atoms with Gasteiger partial charge in [-0.1, -0.05) is 6.92 Å². The Bertz CT molecular complexity index is 641. The van der Waals surface area contributed by atoms with Crippen molar-refractivity contribution in [1.82, 2.24) is 4.90 Å². The standard InChI is InChI=1S/C19H25NO5/c1-14-5-4-10-20(12-14)18(21)13-25-19(22)9-6-15-11-16(23-2)7-8-17(15)24-3/h6-9,11,14H,4-5,10,12-13H2,1-3H3/b9-6+/t14-/m0/s1. The van der Waals surface area contributed by atoms with Crippen molar-refractivity contribution in [2.24, 2.45) is 5.92 Å². The monoisotopic (exact) mass is 347 g/mol. The number of benzene rings is 1. The van der Waals surface area contributed by atoms with Crippen LogP contribution in [0.4, 0.5) is 0 Å². The molecule has 6 nitrogen and oxygen atoms in total. The van der Waals surface area contributed by atoms with Gasteiger partial charge in [0.1, 0.15) is 11.5 Å². The van der Waals surface area contributed by atoms with Crippen LogP contribution < -0.4 is 9.47 Å². The molecule has 1 atom stereocenters. The second-order valence-electron chi connectivity index (χ2n) is 6.14. The van der Waals surface area contributed by atoms with Gasteiger partial charge in [0.2, 0.25) is 0 Å². The van der Waals surface area contributed by atoms with Gasteiger partial charge in [0.15, 0.2) is 6.61 Å². The maximum absolute atomic E-state index is 12.1. The van der Waals surface area contributed by atoms with Crippen molar-refractivity contribution in [3.05, 3.63) is 29.8 Å². The minimum Gasteiger partial charge on any atom is -0.497 e. The topological polar surface area (TPSA) is 65.1 Å². The Balaban J connectivity index is 1.89. The van der Waals surface area contributed by atoms with Gasteiger partial charge in [-0.3, -0.25) is 4.79 Å². The summed E-state index contributed by atoms with van der Waals surface area (Å²) in [5.41, 5.74) is 0.690. The lowest BCUT2D eigenvalue weighted by molar-refractivity contribution is -0.149. The fourth-order valence-corrected chi connectivity index (χ4v) is 2.82. The largest absolute Gasteiger partial charge is 0.497 e. The van der Waals surface area contributed by atoms with Crippen LogP contribution in [0.25, 0.3) is 6.08 Å². The van der Waals surface area contributed by atoms with Crippen LogP contribution in [0.3, 0.4) is 0 Å². The maximum Gasteiger partial charge on any atom is 0.331 e. The molecule has 0 aliphatic carbocycles. The summed E-state index contributed by atoms with van der Waals surface area (Å²) in [6.45, 7) is 3.35. The Kier molecular flexibility index (Phi) is 6.86. The van der Waals surface area contributed by atoms with Crippen LogP contribution in [0.1, 0.15) is 25.3 Å². The van der Waals surface area contributed by atoms with Gasteiger partial charge in [0, 0.05) is 24.7 Å². The van der Waals surface area contributed by atoms with E-state index in [-0.39, 0.29) is 12.5 Å². The van der Waals surface area contributed by atoms with E-state index in [0.29, 0.717) is 23.0 Å². The number of amides is 1. The molecule has 6 heteroatoms. The first kappa shape index (κ1) is 18.8. The van der Waals surface area contributed by atoms with Gasteiger partial charge in [-0.25, -0.2) is 4.79 Å². The van der Waals surface area contributed by atoms with Gasteiger partial charge < -0.3 is 19.1 Å². The minimum atomic E-state index is -0.566. The molecule has 0 N–H and O–H groups in total. The molecule has 25 heavy (non-hydrogen) atoms. The molecule has 0 aromatic heterocycles. The fraction of sp³-hybridized carbons (Fsp3) is 0.474. The Morgan fingerprint density at radius 1 is 1.28 bits per heavy atom. The van der Waals surface area contributed by atoms with Crippen LogP contribution in [0.5, 0.6) is 11.5 Å². The minimum absolute atomic E-state index is 0.146. The van der Waals surface area contributed by atoms with Crippen LogP contribution >= 0.6 is 0 Å². The summed E-state index contributed by atoms with van der Waals surface area (Å²) in [5.74, 6) is 1.05. The zero-order valence-electron chi connectivity index (χ0n) is 15.0. The molecular formula is C19H25NO5. The van der Waals surface area contributed by atoms with Crippen LogP contribution in [-0.4, -0.2) is 50.7 Å². The van der Waals surface area contributed by atoms with E-state index in [4.69, 9.17) is 14.2 Å². The molecule has 0 saturated carbocycles. The van der Waals surface area contributed by atoms with E-state index >= 15 is 0 Å². The molecule has 136 valence electrons. The zero-order chi connectivity index (χ0) is 18.2. The Morgan fingerprint density at radius 2 is 2.08 bits per heavy atom. The molecule has 1 amide bonds. The summed E-state index contributed by atoms with van der Waals surface area (Å²) >= 11 is 0. The van der Waals surface area contributed by atoms with E-state index in [1.54, 1.807) is 43.4 Å². The van der Waals surface area contributed by atoms with E-state index in [9.17, 15) is 9.59 Å². The average Bonchev–Trinajstić information content (AvgIpc) is 2.64. The highest BCUT2D eigenvalue weighted by atomic mass is 16.5. The highest BCUT2D eigenvalue weighted by Gasteiger charge is 2.21. The molecule has 1 fully saturated rings. The van der Waals surface area contributed by atoms with Crippen molar-refractivity contribution >= 4 is 18.0 Å². The number of carbonyl (C=O) groups is 2. The molecule has 2 rings (SSSR count). The van der Waals surface area contributed by atoms with Crippen LogP contribution in [0, 0.1) is 5.92 Å². The van der Waals surface area contributed by atoms with Crippen molar-refractivity contribution in [3.63, 3.8) is 0 Å². The summed E-state index contributed by atoms with van der Waals surface area (Å²) in [5, 5.41) is 0. The van der Waals surface area contributed by atoms with E-state index < -0.39 is 5.97 Å². The van der Waals surface area contributed by atoms with Gasteiger partial charge in [-0.05, 0) is 43.0 Å². The Labute approximate surface area is 148 Å². The molecule has 0 bridgehead atoms. The predicted octanol–water partition coefficient (Wildman–Crippen LogP) is 2.52. The van der Waals surface area contributed by atoms with E-state index in [1.165, 1.54) is 6.08 Å². The highest BCUT2D eigenvalue weighted by Crippen LogP contribution is 2.25. The van der Waals surface area contributed by atoms with Crippen molar-refractivity contribution in [2.75, 3.05) is 33.9 Å². The third-order valence-electron chi connectivity index (χ3n) is 4.18. The number of rotatable bonds is 6. The van der Waals surface area contributed by atoms with E-state index in [1.807, 2.05) is 0 Å². The number of ether oxygens (including phenoxy) is 3. The number of methoxy groups -OCH3 is 2. The number of piperidine rings is 1. The normalized spacial score (nSPS) is 17.4. The van der Waals surface area contributed by atoms with Crippen molar-refractivity contribution in [1.29, 1.82) is 0 Å². The van der Waals surface area contributed by atoms with Gasteiger partial charge in [-0.15, -0.1) is 0 Å². The van der Waals surface area contributed by atoms with Crippen LogP contribution in [0.2, 0.25) is 0 Å². The summed E-state index contributed by atoms with van der Waals surface area (Å²) in [4.78, 5) is 25.7. The first-order valence-electron chi connectivity index (χ1n) is 8.38. The van der Waals surface area contributed by atoms with Crippen molar-refractivity contribution in [2.45, 2.75) is 19.8 Å². The maximum atomic E-state index is 12.1. The number of hydrogen-bond acceptors (Lipinski definition) is 5. The SMILES string of the molecule is COc1ccc(OC)c(/C=C/C(=O)OCC(=O)N2CCC[C@H](C)C2)c1. The fourth-order valence-electron chi connectivity index (χ4n) is 2.82. The molecule has 0 unspecified atom stereocenters. The summed E-state index contributed by atoms with van der Waals surface area (Å²) < 4.78 is 15.5. The number of carbonyl (C=O) groups excluding carboxylic acids is 2. The van der Waals surface area contributed by atoms with Gasteiger partial charge in [0.25, 0.3) is 5.91 Å². The molecule has 1 aliphatic rings. The second kappa shape index (κ2) is 9.11. The van der Waals surface area contributed by atoms with Crippen molar-refractivity contribution in [3.8, 4) is 11.5 Å². The smallest absolute Gasteiger partial charge is 0.331 e. The van der Waals surface area contributed by atoms with E-state index in [0.717, 1.165) is 25.9 Å². The number of esters is 1. The Morgan fingerprint density at radius 3 is 2.76 bits per heavy atom.